The summed E-state index contributed by atoms with van der Waals surface area (Å²) in [4.78, 5) is 0. The van der Waals surface area contributed by atoms with Gasteiger partial charge < -0.3 is 15.2 Å². The third-order valence-corrected chi connectivity index (χ3v) is 13.2. The van der Waals surface area contributed by atoms with Gasteiger partial charge in [-0.15, -0.1) is 41.5 Å². The minimum absolute atomic E-state index is 0. The van der Waals surface area contributed by atoms with Gasteiger partial charge in [0, 0.05) is 13.5 Å². The molecule has 2 aliphatic rings. The molecule has 0 saturated heterocycles. The first kappa shape index (κ1) is 43.7. The van der Waals surface area contributed by atoms with Gasteiger partial charge in [0.25, 0.3) is 10.1 Å². The van der Waals surface area contributed by atoms with Gasteiger partial charge in [-0.2, -0.15) is 14.1 Å². The SMILES string of the molecule is CC(C)Oc1cccc(OC(C)C)c1-c1ccccc1[PH+](C1CCCCC1)C1CCCCC1.CS(=O)(=O)O.[NH-]c1ccccc1-c1[c-]cccc1.[Pd+2]. The molecule has 4 aromatic rings. The monoisotopic (exact) mass is 836 g/mol. The van der Waals surface area contributed by atoms with Crippen LogP contribution in [0.5, 0.6) is 11.5 Å². The van der Waals surface area contributed by atoms with Gasteiger partial charge in [0.05, 0.1) is 35.3 Å². The van der Waals surface area contributed by atoms with Gasteiger partial charge >= 0.3 is 20.4 Å². The Hall–Kier alpha value is -2.72. The second kappa shape index (κ2) is 21.9. The topological polar surface area (TPSA) is 96.6 Å². The van der Waals surface area contributed by atoms with Crippen LogP contribution in [0.15, 0.2) is 91.0 Å². The fourth-order valence-electron chi connectivity index (χ4n) is 7.31. The van der Waals surface area contributed by atoms with Crippen LogP contribution in [0, 0.1) is 6.07 Å². The largest absolute Gasteiger partial charge is 2.00 e. The van der Waals surface area contributed by atoms with Crippen LogP contribution < -0.4 is 14.8 Å². The van der Waals surface area contributed by atoms with E-state index in [1.165, 1.54) is 75.3 Å². The summed E-state index contributed by atoms with van der Waals surface area (Å²) in [6, 6.07) is 34.0. The molecule has 0 amide bonds. The van der Waals surface area contributed by atoms with Gasteiger partial charge in [0.15, 0.2) is 0 Å². The van der Waals surface area contributed by atoms with E-state index in [1.54, 1.807) is 11.4 Å². The number of hydrogen-bond acceptors (Lipinski definition) is 4. The molecule has 0 bridgehead atoms. The minimum atomic E-state index is -3.67. The van der Waals surface area contributed by atoms with E-state index in [4.69, 9.17) is 19.8 Å². The molecule has 0 radical (unpaired) electrons. The Kier molecular flexibility index (Phi) is 18.4. The molecule has 0 unspecified atom stereocenters. The molecule has 2 fully saturated rings. The Labute approximate surface area is 328 Å². The zero-order valence-electron chi connectivity index (χ0n) is 31.3. The fraction of sp³-hybridized carbons (Fsp3) is 0.442. The third-order valence-electron chi connectivity index (χ3n) is 9.24. The van der Waals surface area contributed by atoms with Crippen LogP contribution in [0.3, 0.4) is 0 Å². The van der Waals surface area contributed by atoms with Crippen molar-refractivity contribution in [1.29, 1.82) is 0 Å². The molecule has 2 N–H and O–H groups in total. The summed E-state index contributed by atoms with van der Waals surface area (Å²) in [7, 11) is -4.37. The first-order valence-corrected chi connectivity index (χ1v) is 22.1. The van der Waals surface area contributed by atoms with Crippen LogP contribution in [0.2, 0.25) is 0 Å². The number of benzene rings is 4. The third kappa shape index (κ3) is 13.9. The van der Waals surface area contributed by atoms with Gasteiger partial charge in [-0.1, -0.05) is 61.4 Å². The van der Waals surface area contributed by atoms with Crippen molar-refractivity contribution < 1.29 is 42.9 Å². The van der Waals surface area contributed by atoms with Crippen molar-refractivity contribution in [3.8, 4) is 33.8 Å². The van der Waals surface area contributed by atoms with Gasteiger partial charge in [-0.05, 0) is 97.3 Å². The van der Waals surface area contributed by atoms with Crippen LogP contribution in [-0.2, 0) is 30.5 Å². The smallest absolute Gasteiger partial charge is 0.706 e. The molecule has 0 aliphatic heterocycles. The molecule has 52 heavy (non-hydrogen) atoms. The van der Waals surface area contributed by atoms with Crippen molar-refractivity contribution in [1.82, 2.24) is 0 Å². The van der Waals surface area contributed by atoms with Crippen LogP contribution in [0.25, 0.3) is 28.0 Å². The van der Waals surface area contributed by atoms with E-state index in [-0.39, 0.29) is 32.6 Å². The molecule has 6 nitrogen and oxygen atoms in total. The molecule has 0 aromatic heterocycles. The first-order chi connectivity index (χ1) is 24.4. The molecular weight excluding hydrogens is 780 g/mol. The van der Waals surface area contributed by atoms with E-state index in [0.29, 0.717) is 11.9 Å². The number of hydrogen-bond donors (Lipinski definition) is 1. The van der Waals surface area contributed by atoms with Gasteiger partial charge in [0.2, 0.25) is 0 Å². The molecule has 4 aromatic carbocycles. The van der Waals surface area contributed by atoms with E-state index >= 15 is 0 Å². The Morgan fingerprint density at radius 3 is 1.62 bits per heavy atom. The Bertz CT molecular complexity index is 1690. The maximum absolute atomic E-state index is 9.19. The van der Waals surface area contributed by atoms with Crippen molar-refractivity contribution in [3.63, 3.8) is 0 Å². The van der Waals surface area contributed by atoms with E-state index < -0.39 is 18.0 Å². The quantitative estimate of drug-likeness (QED) is 0.0784. The van der Waals surface area contributed by atoms with Crippen molar-refractivity contribution in [3.05, 3.63) is 103 Å². The van der Waals surface area contributed by atoms with Crippen LogP contribution in [-0.4, -0.2) is 42.8 Å². The van der Waals surface area contributed by atoms with E-state index in [1.807, 2.05) is 42.5 Å². The standard InChI is InChI=1S/C30H43O2P.C12H9N.CH4O3S.Pd/c1-22(2)31-27-19-13-20-28(32-23(3)4)30(27)26-18-11-12-21-29(26)33(24-14-7-5-8-15-24)25-16-9-6-10-17-25;13-12-9-5-4-8-11(12)10-6-2-1-3-7-10;1-5(2,3)4;/h11-13,18-25H,5-10,14-17H2,1-4H3;1-6,8-9,13H;1H3,(H,2,3,4);/q;-2;;+2/p+1. The fourth-order valence-corrected chi connectivity index (χ4v) is 11.7. The molecule has 0 heterocycles. The number of nitrogens with one attached hydrogen (secondary N) is 1. The zero-order valence-corrected chi connectivity index (χ0v) is 34.7. The van der Waals surface area contributed by atoms with Crippen molar-refractivity contribution in [2.45, 2.75) is 115 Å². The summed E-state index contributed by atoms with van der Waals surface area (Å²) >= 11 is 0. The van der Waals surface area contributed by atoms with E-state index in [9.17, 15) is 8.42 Å². The molecule has 0 atom stereocenters. The summed E-state index contributed by atoms with van der Waals surface area (Å²) in [5.41, 5.74) is 14.5. The first-order valence-electron chi connectivity index (χ1n) is 18.5. The predicted octanol–water partition coefficient (Wildman–Crippen LogP) is 11.8. The van der Waals surface area contributed by atoms with Gasteiger partial charge in [-0.3, -0.25) is 4.55 Å². The molecule has 284 valence electrons. The molecule has 6 rings (SSSR count). The molecule has 9 heteroatoms. The Morgan fingerprint density at radius 2 is 1.15 bits per heavy atom. The maximum Gasteiger partial charge on any atom is 2.00 e. The molecule has 2 aliphatic carbocycles. The number of rotatable bonds is 9. The summed E-state index contributed by atoms with van der Waals surface area (Å²) in [5.74, 6) is 1.92. The second-order valence-corrected chi connectivity index (χ2v) is 18.7. The summed E-state index contributed by atoms with van der Waals surface area (Å²) < 4.78 is 38.6. The van der Waals surface area contributed by atoms with Crippen molar-refractivity contribution in [2.24, 2.45) is 0 Å². The zero-order chi connectivity index (χ0) is 36.8. The normalized spacial score (nSPS) is 15.2. The van der Waals surface area contributed by atoms with Crippen molar-refractivity contribution in [2.75, 3.05) is 6.26 Å². The van der Waals surface area contributed by atoms with Crippen molar-refractivity contribution >= 4 is 29.0 Å². The Morgan fingerprint density at radius 1 is 0.692 bits per heavy atom. The van der Waals surface area contributed by atoms with Gasteiger partial charge in [0.1, 0.15) is 16.8 Å². The van der Waals surface area contributed by atoms with Crippen LogP contribution >= 0.6 is 7.92 Å². The minimum Gasteiger partial charge on any atom is -0.706 e. The molecule has 0 spiro atoms. The summed E-state index contributed by atoms with van der Waals surface area (Å²) in [5, 5.41) is 1.63. The average Bonchev–Trinajstić information content (AvgIpc) is 3.10. The maximum atomic E-state index is 9.19. The Balaban J connectivity index is 0.000000316. The van der Waals surface area contributed by atoms with Gasteiger partial charge in [-0.25, -0.2) is 0 Å². The van der Waals surface area contributed by atoms with Crippen LogP contribution in [0.4, 0.5) is 5.69 Å². The predicted molar refractivity (Wildman–Crippen MR) is 217 cm³/mol. The van der Waals surface area contributed by atoms with E-state index in [2.05, 4.69) is 76.2 Å². The van der Waals surface area contributed by atoms with Crippen LogP contribution in [0.1, 0.15) is 91.9 Å². The summed E-state index contributed by atoms with van der Waals surface area (Å²) in [6.45, 7) is 8.46. The molecular formula is C43H57NO5PPdS+. The second-order valence-electron chi connectivity index (χ2n) is 14.2. The average molecular weight is 837 g/mol. The molecule has 2 saturated carbocycles. The van der Waals surface area contributed by atoms with E-state index in [0.717, 1.165) is 33.9 Å². The number of ether oxygens (including phenoxy) is 2. The summed E-state index contributed by atoms with van der Waals surface area (Å²) in [6.07, 6.45) is 15.2.